The molecular formula is C11H8F6O4. The second-order valence-electron chi connectivity index (χ2n) is 4.34. The molecule has 0 fully saturated rings. The van der Waals surface area contributed by atoms with Gasteiger partial charge in [0.2, 0.25) is 0 Å². The number of carbonyl (C=O) groups is 2. The Kier molecular flexibility index (Phi) is 4.13. The zero-order valence-electron chi connectivity index (χ0n) is 10.00. The quantitative estimate of drug-likeness (QED) is 0.617. The molecule has 0 aliphatic heterocycles. The fourth-order valence-electron chi connectivity index (χ4n) is 1.71. The van der Waals surface area contributed by atoms with Gasteiger partial charge in [-0.15, -0.1) is 0 Å². The van der Waals surface area contributed by atoms with E-state index in [1.807, 2.05) is 0 Å². The maximum Gasteiger partial charge on any atom is 0.456 e. The minimum atomic E-state index is -6.19. The van der Waals surface area contributed by atoms with Gasteiger partial charge in [0.15, 0.2) is 11.6 Å². The molecule has 4 nitrogen and oxygen atoms in total. The molecule has 0 heterocycles. The van der Waals surface area contributed by atoms with E-state index in [0.29, 0.717) is 18.2 Å². The van der Waals surface area contributed by atoms with Crippen LogP contribution in [0, 0.1) is 5.41 Å². The molecule has 1 aliphatic carbocycles. The highest BCUT2D eigenvalue weighted by molar-refractivity contribution is 6.01. The van der Waals surface area contributed by atoms with Crippen molar-refractivity contribution in [2.45, 2.75) is 24.7 Å². The molecule has 0 aromatic heterocycles. The number of hydrogen-bond donors (Lipinski definition) is 2. The summed E-state index contributed by atoms with van der Waals surface area (Å²) in [4.78, 5) is 21.9. The predicted molar refractivity (Wildman–Crippen MR) is 55.4 cm³/mol. The Morgan fingerprint density at radius 1 is 1.14 bits per heavy atom. The van der Waals surface area contributed by atoms with Crippen molar-refractivity contribution < 1.29 is 46.1 Å². The minimum absolute atomic E-state index is 0.508. The molecule has 2 N–H and O–H groups in total. The molecule has 0 saturated heterocycles. The second kappa shape index (κ2) is 5.08. The first kappa shape index (κ1) is 17.1. The standard InChI is InChI=1S/C11H8F6O4/c12-6(10(13,14)11(15,16)17)5-2-1-3-9(4-5,7(18)19)8(20)21/h1-3,6H,4H2,(H,18,19)(H,20,21). The van der Waals surface area contributed by atoms with Gasteiger partial charge in [0.25, 0.3) is 0 Å². The summed E-state index contributed by atoms with van der Waals surface area (Å²) in [5.74, 6) is -9.76. The van der Waals surface area contributed by atoms with E-state index in [0.717, 1.165) is 0 Å². The SMILES string of the molecule is O=C(O)C1(C(=O)O)C=CC=C(C(F)C(F)(F)C(F)(F)F)C1. The van der Waals surface area contributed by atoms with Crippen LogP contribution in [0.2, 0.25) is 0 Å². The molecule has 0 amide bonds. The molecule has 0 bridgehead atoms. The Morgan fingerprint density at radius 3 is 2.00 bits per heavy atom. The summed E-state index contributed by atoms with van der Waals surface area (Å²) in [5, 5.41) is 17.7. The van der Waals surface area contributed by atoms with Gasteiger partial charge < -0.3 is 10.2 Å². The van der Waals surface area contributed by atoms with Crippen molar-refractivity contribution in [3.05, 3.63) is 23.8 Å². The molecule has 1 aliphatic rings. The monoisotopic (exact) mass is 318 g/mol. The lowest BCUT2D eigenvalue weighted by molar-refractivity contribution is -0.298. The molecule has 1 unspecified atom stereocenters. The highest BCUT2D eigenvalue weighted by Gasteiger charge is 2.65. The fourth-order valence-corrected chi connectivity index (χ4v) is 1.71. The fraction of sp³-hybridized carbons (Fsp3) is 0.455. The van der Waals surface area contributed by atoms with Crippen LogP contribution in [0.3, 0.4) is 0 Å². The zero-order chi connectivity index (χ0) is 16.6. The van der Waals surface area contributed by atoms with E-state index in [-0.39, 0.29) is 0 Å². The number of alkyl halides is 6. The normalized spacial score (nSPS) is 19.8. The lowest BCUT2D eigenvalue weighted by Gasteiger charge is -2.30. The number of hydrogen-bond acceptors (Lipinski definition) is 2. The van der Waals surface area contributed by atoms with Crippen LogP contribution >= 0.6 is 0 Å². The van der Waals surface area contributed by atoms with Crippen LogP contribution in [0.4, 0.5) is 26.3 Å². The van der Waals surface area contributed by atoms with Gasteiger partial charge in [-0.05, 0) is 5.57 Å². The molecule has 10 heteroatoms. The van der Waals surface area contributed by atoms with Crippen LogP contribution in [0.15, 0.2) is 23.8 Å². The van der Waals surface area contributed by atoms with Crippen molar-refractivity contribution >= 4 is 11.9 Å². The Hall–Kier alpha value is -2.00. The molecule has 0 radical (unpaired) electrons. The molecule has 0 saturated carbocycles. The van der Waals surface area contributed by atoms with Crippen LogP contribution in [-0.4, -0.2) is 40.4 Å². The van der Waals surface area contributed by atoms with Crippen LogP contribution in [0.1, 0.15) is 6.42 Å². The molecule has 0 spiro atoms. The number of carboxylic acids is 2. The van der Waals surface area contributed by atoms with E-state index in [1.165, 1.54) is 0 Å². The Labute approximate surface area is 113 Å². The predicted octanol–water partition coefficient (Wildman–Crippen LogP) is 2.56. The summed E-state index contributed by atoms with van der Waals surface area (Å²) < 4.78 is 75.5. The summed E-state index contributed by atoms with van der Waals surface area (Å²) in [5.41, 5.74) is -4.04. The van der Waals surface area contributed by atoms with Crippen molar-refractivity contribution in [3.8, 4) is 0 Å². The molecule has 1 rings (SSSR count). The van der Waals surface area contributed by atoms with Gasteiger partial charge >= 0.3 is 24.0 Å². The highest BCUT2D eigenvalue weighted by atomic mass is 19.4. The maximum atomic E-state index is 13.5. The van der Waals surface area contributed by atoms with Crippen molar-refractivity contribution in [1.29, 1.82) is 0 Å². The van der Waals surface area contributed by atoms with Gasteiger partial charge in [-0.1, -0.05) is 18.2 Å². The van der Waals surface area contributed by atoms with Crippen molar-refractivity contribution in [2.75, 3.05) is 0 Å². The summed E-state index contributed by atoms with van der Waals surface area (Å²) in [6, 6.07) is 0. The van der Waals surface area contributed by atoms with Crippen molar-refractivity contribution in [2.24, 2.45) is 5.41 Å². The Balaban J connectivity index is 3.18. The Morgan fingerprint density at radius 2 is 1.62 bits per heavy atom. The average molecular weight is 318 g/mol. The molecule has 0 aromatic carbocycles. The topological polar surface area (TPSA) is 74.6 Å². The number of aliphatic carboxylic acids is 2. The third-order valence-electron chi connectivity index (χ3n) is 2.96. The molecule has 0 aromatic rings. The molecular weight excluding hydrogens is 310 g/mol. The van der Waals surface area contributed by atoms with Gasteiger partial charge in [-0.2, -0.15) is 22.0 Å². The summed E-state index contributed by atoms with van der Waals surface area (Å²) in [6.45, 7) is 0. The van der Waals surface area contributed by atoms with Gasteiger partial charge in [0, 0.05) is 6.42 Å². The highest BCUT2D eigenvalue weighted by Crippen LogP contribution is 2.45. The summed E-state index contributed by atoms with van der Waals surface area (Å²) >= 11 is 0. The van der Waals surface area contributed by atoms with Crippen molar-refractivity contribution in [3.63, 3.8) is 0 Å². The minimum Gasteiger partial charge on any atom is -0.480 e. The van der Waals surface area contributed by atoms with Gasteiger partial charge in [0.1, 0.15) is 0 Å². The zero-order valence-corrected chi connectivity index (χ0v) is 10.00. The van der Waals surface area contributed by atoms with E-state index < -0.39 is 47.6 Å². The third-order valence-corrected chi connectivity index (χ3v) is 2.96. The first-order chi connectivity index (χ1) is 9.36. The third kappa shape index (κ3) is 2.74. The number of rotatable bonds is 4. The first-order valence-electron chi connectivity index (χ1n) is 5.30. The van der Waals surface area contributed by atoms with Gasteiger partial charge in [-0.25, -0.2) is 4.39 Å². The second-order valence-corrected chi connectivity index (χ2v) is 4.34. The first-order valence-corrected chi connectivity index (χ1v) is 5.30. The molecule has 118 valence electrons. The van der Waals surface area contributed by atoms with Crippen LogP contribution in [0.5, 0.6) is 0 Å². The van der Waals surface area contributed by atoms with E-state index in [4.69, 9.17) is 10.2 Å². The number of carboxylic acid groups (broad SMARTS) is 2. The van der Waals surface area contributed by atoms with Crippen LogP contribution in [0.25, 0.3) is 0 Å². The van der Waals surface area contributed by atoms with E-state index >= 15 is 0 Å². The smallest absolute Gasteiger partial charge is 0.456 e. The van der Waals surface area contributed by atoms with E-state index in [1.54, 1.807) is 0 Å². The Bertz CT molecular complexity index is 505. The number of allylic oxidation sites excluding steroid dienone is 3. The summed E-state index contributed by atoms with van der Waals surface area (Å²) in [7, 11) is 0. The number of halogens is 6. The van der Waals surface area contributed by atoms with Crippen LogP contribution in [-0.2, 0) is 9.59 Å². The van der Waals surface area contributed by atoms with Crippen molar-refractivity contribution in [1.82, 2.24) is 0 Å². The molecule has 1 atom stereocenters. The lowest BCUT2D eigenvalue weighted by Crippen LogP contribution is -2.48. The molecule has 21 heavy (non-hydrogen) atoms. The average Bonchev–Trinajstić information content (AvgIpc) is 2.35. The summed E-state index contributed by atoms with van der Waals surface area (Å²) in [6.07, 6.45) is -9.68. The van der Waals surface area contributed by atoms with Gasteiger partial charge in [-0.3, -0.25) is 9.59 Å². The largest absolute Gasteiger partial charge is 0.480 e. The van der Waals surface area contributed by atoms with Crippen LogP contribution < -0.4 is 0 Å². The van der Waals surface area contributed by atoms with Gasteiger partial charge in [0.05, 0.1) is 0 Å². The van der Waals surface area contributed by atoms with E-state index in [2.05, 4.69) is 0 Å². The van der Waals surface area contributed by atoms with E-state index in [9.17, 15) is 35.9 Å². The lowest BCUT2D eigenvalue weighted by atomic mass is 9.76. The maximum absolute atomic E-state index is 13.5.